The van der Waals surface area contributed by atoms with Crippen molar-refractivity contribution in [3.63, 3.8) is 0 Å². The molecule has 0 spiro atoms. The number of benzene rings is 5. The van der Waals surface area contributed by atoms with E-state index in [1.54, 1.807) is 69.1 Å². The normalized spacial score (nSPS) is 13.5. The zero-order chi connectivity index (χ0) is 66.1. The predicted molar refractivity (Wildman–Crippen MR) is 379 cm³/mol. The second-order valence-corrected chi connectivity index (χ2v) is 30.0. The lowest BCUT2D eigenvalue weighted by Crippen LogP contribution is -2.36. The Labute approximate surface area is 536 Å². The number of fused-ring (bicyclic) bond motifs is 4. The number of halogens is 1. The summed E-state index contributed by atoms with van der Waals surface area (Å²) in [6.45, 7) is 55.2. The molecular weight excluding hydrogens is 1130 g/mol. The smallest absolute Gasteiger partial charge is 0.126 e. The summed E-state index contributed by atoms with van der Waals surface area (Å²) >= 11 is 3.41. The standard InChI is InChI=1S/C15H19N.C15H18O.C12H17FO.C12H15NO.C12H15NS.C11H14N2S/c1-11-6-7-14-12(2)16(15(3,4)5)9-8-13(14)10-11;1-15(2,3)13-9-11-7-5-6-8-12(11)10-14(13)16-4;1-8-6-11(14-5)9(7-10(8)13)12(2,3)4;1-12(2,3)10-6-5-9(8-13)7-11(10)14-4;1-9-11-10(6-8-14-11)5-7-13(9)12(2,3)4;1-8-10-9(12-7-14-10)5-6-13(8)11(2,3)4/h6-10H,2H2,1,3-5H3;5-10H,1-4H3;6-7H,1-5H3;5-7H,1-4H3;5-8H,1H2,2-4H3;5-7H,1H2,2-4H3. The number of aromatic nitrogens is 1. The van der Waals surface area contributed by atoms with Crippen LogP contribution in [0.4, 0.5) is 4.39 Å². The summed E-state index contributed by atoms with van der Waals surface area (Å²) in [7, 11) is 4.98. The third kappa shape index (κ3) is 18.2. The van der Waals surface area contributed by atoms with Crippen molar-refractivity contribution < 1.29 is 18.6 Å². The molecule has 0 bridgehead atoms. The van der Waals surface area contributed by atoms with Gasteiger partial charge in [0.25, 0.3) is 0 Å². The largest absolute Gasteiger partial charge is 0.496 e. The van der Waals surface area contributed by atoms with Crippen molar-refractivity contribution in [1.29, 1.82) is 5.26 Å². The highest BCUT2D eigenvalue weighted by molar-refractivity contribution is 7.11. The van der Waals surface area contributed by atoms with Crippen LogP contribution in [0.15, 0.2) is 140 Å². The van der Waals surface area contributed by atoms with Gasteiger partial charge < -0.3 is 28.9 Å². The van der Waals surface area contributed by atoms with E-state index in [0.29, 0.717) is 11.1 Å². The number of nitrogens with zero attached hydrogens (tertiary/aromatic N) is 5. The van der Waals surface area contributed by atoms with Gasteiger partial charge in [0.05, 0.1) is 65.3 Å². The molecule has 468 valence electrons. The van der Waals surface area contributed by atoms with Gasteiger partial charge in [-0.1, -0.05) is 136 Å². The van der Waals surface area contributed by atoms with Gasteiger partial charge in [0.15, 0.2) is 0 Å². The lowest BCUT2D eigenvalue weighted by atomic mass is 9.85. The van der Waals surface area contributed by atoms with Crippen LogP contribution in [0.25, 0.3) is 46.1 Å². The van der Waals surface area contributed by atoms with Crippen molar-refractivity contribution in [1.82, 2.24) is 19.7 Å². The maximum absolute atomic E-state index is 13.4. The Morgan fingerprint density at radius 1 is 0.500 bits per heavy atom. The van der Waals surface area contributed by atoms with E-state index in [4.69, 9.17) is 19.5 Å². The molecule has 0 N–H and O–H groups in total. The fourth-order valence-corrected chi connectivity index (χ4v) is 11.7. The second-order valence-electron chi connectivity index (χ2n) is 28.3. The van der Waals surface area contributed by atoms with Gasteiger partial charge >= 0.3 is 0 Å². The van der Waals surface area contributed by atoms with E-state index < -0.39 is 0 Å². The van der Waals surface area contributed by atoms with E-state index in [2.05, 4.69) is 253 Å². The number of hydrogen-bond acceptors (Lipinski definition) is 10. The maximum atomic E-state index is 13.4. The molecule has 0 atom stereocenters. The van der Waals surface area contributed by atoms with Crippen molar-refractivity contribution in [2.45, 2.75) is 171 Å². The zero-order valence-corrected chi connectivity index (χ0v) is 58.7. The number of hydrogen-bond donors (Lipinski definition) is 0. The minimum absolute atomic E-state index is 0.0410. The first kappa shape index (κ1) is 71.1. The Hall–Kier alpha value is -7.65. The number of aryl methyl sites for hydroxylation is 2. The summed E-state index contributed by atoms with van der Waals surface area (Å²) in [5, 5.41) is 13.4. The SMILES string of the molecule is C=C1c2ccc(C)cc2C=CN1C(C)(C)C.C=C1c2sccc2C=CN1C(C)(C)C.C=C1c2scnc2C=CN1C(C)(C)C.COc1cc(C#N)ccc1C(C)(C)C.COc1cc(C)c(F)cc1C(C)(C)C.COc1cc2ccccc2cc1C(C)(C)C. The molecule has 0 radical (unpaired) electrons. The monoisotopic (exact) mass is 1220 g/mol. The molecule has 3 aliphatic rings. The van der Waals surface area contributed by atoms with Crippen LogP contribution in [-0.2, 0) is 16.2 Å². The topological polar surface area (TPSA) is 74.1 Å². The minimum atomic E-state index is -0.171. The molecule has 88 heavy (non-hydrogen) atoms. The van der Waals surface area contributed by atoms with Crippen LogP contribution < -0.4 is 14.2 Å². The van der Waals surface area contributed by atoms with Gasteiger partial charge in [-0.05, 0) is 192 Å². The van der Waals surface area contributed by atoms with Gasteiger partial charge in [-0.15, -0.1) is 22.7 Å². The van der Waals surface area contributed by atoms with Crippen LogP contribution in [0.5, 0.6) is 17.2 Å². The molecule has 0 aliphatic carbocycles. The summed E-state index contributed by atoms with van der Waals surface area (Å²) in [5.41, 5.74) is 16.1. The summed E-state index contributed by atoms with van der Waals surface area (Å²) < 4.78 is 29.4. The first-order valence-electron chi connectivity index (χ1n) is 29.9. The van der Waals surface area contributed by atoms with E-state index in [0.717, 1.165) is 51.2 Å². The molecule has 2 aromatic heterocycles. The Bertz CT molecular complexity index is 3650. The van der Waals surface area contributed by atoms with Crippen molar-refractivity contribution in [2.75, 3.05) is 21.3 Å². The lowest BCUT2D eigenvalue weighted by Gasteiger charge is -2.38. The average molecular weight is 1220 g/mol. The summed E-state index contributed by atoms with van der Waals surface area (Å²) in [6.07, 6.45) is 12.7. The van der Waals surface area contributed by atoms with Gasteiger partial charge in [0, 0.05) is 57.6 Å². The number of nitriles is 1. The molecule has 5 aromatic carbocycles. The van der Waals surface area contributed by atoms with Crippen LogP contribution in [-0.4, -0.2) is 57.6 Å². The third-order valence-electron chi connectivity index (χ3n) is 14.9. The summed E-state index contributed by atoms with van der Waals surface area (Å²) in [4.78, 5) is 13.4. The second kappa shape index (κ2) is 28.7. The van der Waals surface area contributed by atoms with Crippen molar-refractivity contribution in [3.8, 4) is 23.3 Å². The molecule has 5 heterocycles. The summed E-state index contributed by atoms with van der Waals surface area (Å²) in [5.74, 6) is 2.36. The molecule has 7 aromatic rings. The summed E-state index contributed by atoms with van der Waals surface area (Å²) in [6, 6.07) is 32.4. The van der Waals surface area contributed by atoms with E-state index >= 15 is 0 Å². The number of thiazole rings is 1. The van der Waals surface area contributed by atoms with E-state index in [-0.39, 0.29) is 38.7 Å². The molecule has 0 unspecified atom stereocenters. The molecule has 10 rings (SSSR count). The number of methoxy groups -OCH3 is 3. The first-order valence-corrected chi connectivity index (χ1v) is 31.6. The molecule has 3 aliphatic heterocycles. The number of ether oxygens (including phenoxy) is 3. The molecular formula is C77H98FN5O3S2. The van der Waals surface area contributed by atoms with Gasteiger partial charge in [-0.2, -0.15) is 5.26 Å². The highest BCUT2D eigenvalue weighted by Crippen LogP contribution is 2.40. The van der Waals surface area contributed by atoms with Gasteiger partial charge in [0.2, 0.25) is 0 Å². The Morgan fingerprint density at radius 3 is 1.50 bits per heavy atom. The predicted octanol–water partition coefficient (Wildman–Crippen LogP) is 21.5. The minimum Gasteiger partial charge on any atom is -0.496 e. The first-order chi connectivity index (χ1) is 40.8. The molecule has 0 fully saturated rings. The van der Waals surface area contributed by atoms with Crippen molar-refractivity contribution in [2.24, 2.45) is 0 Å². The van der Waals surface area contributed by atoms with Crippen LogP contribution >= 0.6 is 22.7 Å². The fraction of sp³-hybridized carbons (Fsp3) is 0.377. The average Bonchev–Trinajstić information content (AvgIpc) is 1.73. The van der Waals surface area contributed by atoms with Crippen LogP contribution in [0.1, 0.15) is 190 Å². The molecule has 0 saturated heterocycles. The molecule has 11 heteroatoms. The number of rotatable bonds is 3. The lowest BCUT2D eigenvalue weighted by molar-refractivity contribution is 0.297. The van der Waals surface area contributed by atoms with E-state index in [9.17, 15) is 4.39 Å². The highest BCUT2D eigenvalue weighted by atomic mass is 32.1. The maximum Gasteiger partial charge on any atom is 0.126 e. The highest BCUT2D eigenvalue weighted by Gasteiger charge is 2.29. The van der Waals surface area contributed by atoms with Crippen LogP contribution in [0.3, 0.4) is 0 Å². The number of thiophene rings is 1. The quantitative estimate of drug-likeness (QED) is 0.173. The Kier molecular flexibility index (Phi) is 23.2. The Balaban J connectivity index is 0.000000193. The van der Waals surface area contributed by atoms with Gasteiger partial charge in [-0.3, -0.25) is 0 Å². The zero-order valence-electron chi connectivity index (χ0n) is 57.1. The fourth-order valence-electron chi connectivity index (χ4n) is 10.1. The molecule has 0 amide bonds. The molecule has 8 nitrogen and oxygen atoms in total. The molecule has 0 saturated carbocycles. The van der Waals surface area contributed by atoms with Gasteiger partial charge in [0.1, 0.15) is 23.1 Å². The van der Waals surface area contributed by atoms with Crippen molar-refractivity contribution >= 4 is 68.8 Å². The van der Waals surface area contributed by atoms with Crippen LogP contribution in [0, 0.1) is 31.0 Å². The van der Waals surface area contributed by atoms with E-state index in [1.165, 1.54) is 48.3 Å². The Morgan fingerprint density at radius 2 is 0.977 bits per heavy atom. The third-order valence-corrected chi connectivity index (χ3v) is 16.7. The van der Waals surface area contributed by atoms with E-state index in [1.807, 2.05) is 44.5 Å². The van der Waals surface area contributed by atoms with Crippen molar-refractivity contribution in [3.05, 3.63) is 212 Å². The van der Waals surface area contributed by atoms with Gasteiger partial charge in [-0.25, -0.2) is 9.37 Å². The van der Waals surface area contributed by atoms with Crippen LogP contribution in [0.2, 0.25) is 0 Å².